The Balaban J connectivity index is 1.58. The lowest BCUT2D eigenvalue weighted by Gasteiger charge is -2.35. The fourth-order valence-electron chi connectivity index (χ4n) is 4.17. The summed E-state index contributed by atoms with van der Waals surface area (Å²) in [6.07, 6.45) is 7.43. The lowest BCUT2D eigenvalue weighted by Crippen LogP contribution is -2.49. The molecule has 3 unspecified atom stereocenters. The molecule has 3 fully saturated rings. The Labute approximate surface area is 129 Å². The van der Waals surface area contributed by atoms with Crippen LogP contribution in [0, 0.1) is 11.3 Å². The van der Waals surface area contributed by atoms with Gasteiger partial charge in [0.1, 0.15) is 5.54 Å². The first-order valence-corrected chi connectivity index (χ1v) is 8.77. The third-order valence-corrected chi connectivity index (χ3v) is 5.51. The first-order valence-electron chi connectivity index (χ1n) is 8.77. The van der Waals surface area contributed by atoms with Crippen LogP contribution in [0.4, 0.5) is 0 Å². The Morgan fingerprint density at radius 3 is 2.71 bits per heavy atom. The normalized spacial score (nSPS) is 32.0. The van der Waals surface area contributed by atoms with Gasteiger partial charge in [-0.1, -0.05) is 0 Å². The van der Waals surface area contributed by atoms with Crippen LogP contribution in [0.2, 0.25) is 0 Å². The zero-order valence-electron chi connectivity index (χ0n) is 13.6. The summed E-state index contributed by atoms with van der Waals surface area (Å²) in [6, 6.07) is 4.38. The molecule has 0 aromatic rings. The Morgan fingerprint density at radius 2 is 2.00 bits per heavy atom. The number of hydrogen-bond acceptors (Lipinski definition) is 4. The summed E-state index contributed by atoms with van der Waals surface area (Å²) in [5.74, 6) is 0. The summed E-state index contributed by atoms with van der Waals surface area (Å²) in [5, 5.41) is 13.1. The van der Waals surface area contributed by atoms with Crippen molar-refractivity contribution in [2.45, 2.75) is 76.0 Å². The molecule has 3 aliphatic rings. The summed E-state index contributed by atoms with van der Waals surface area (Å²) in [4.78, 5) is 5.32. The summed E-state index contributed by atoms with van der Waals surface area (Å²) in [6.45, 7) is 9.36. The van der Waals surface area contributed by atoms with Gasteiger partial charge in [0, 0.05) is 24.7 Å². The van der Waals surface area contributed by atoms with Gasteiger partial charge in [0.05, 0.1) is 6.07 Å². The lowest BCUT2D eigenvalue weighted by molar-refractivity contribution is 0.158. The molecule has 3 rings (SSSR count). The first-order chi connectivity index (χ1) is 10.1. The monoisotopic (exact) mass is 290 g/mol. The number of hydrogen-bond donors (Lipinski definition) is 1. The van der Waals surface area contributed by atoms with Crippen LogP contribution in [0.25, 0.3) is 0 Å². The molecule has 1 saturated carbocycles. The Kier molecular flexibility index (Phi) is 4.54. The first kappa shape index (κ1) is 15.3. The summed E-state index contributed by atoms with van der Waals surface area (Å²) < 4.78 is 0. The molecule has 2 saturated heterocycles. The average Bonchev–Trinajstić information content (AvgIpc) is 3.20. The third kappa shape index (κ3) is 3.77. The van der Waals surface area contributed by atoms with Gasteiger partial charge in [0.2, 0.25) is 0 Å². The number of fused-ring (bicyclic) bond motifs is 1. The van der Waals surface area contributed by atoms with Crippen LogP contribution in [0.15, 0.2) is 0 Å². The summed E-state index contributed by atoms with van der Waals surface area (Å²) in [5.41, 5.74) is -0.359. The maximum Gasteiger partial charge on any atom is 0.105 e. The van der Waals surface area contributed by atoms with E-state index in [1.807, 2.05) is 0 Å². The van der Waals surface area contributed by atoms with Crippen LogP contribution in [0.1, 0.15) is 52.4 Å². The topological polar surface area (TPSA) is 42.3 Å². The second-order valence-corrected chi connectivity index (χ2v) is 7.60. The SMILES string of the molecule is CC(CC(C)(C#N)NC1CC1)N1CCCN2CCCC2C1. The molecular weight excluding hydrogens is 260 g/mol. The van der Waals surface area contributed by atoms with E-state index in [2.05, 4.69) is 35.0 Å². The molecule has 21 heavy (non-hydrogen) atoms. The van der Waals surface area contributed by atoms with Gasteiger partial charge in [0.15, 0.2) is 0 Å². The van der Waals surface area contributed by atoms with Gasteiger partial charge in [-0.3, -0.25) is 15.1 Å². The molecule has 0 aromatic heterocycles. The quantitative estimate of drug-likeness (QED) is 0.840. The molecule has 118 valence electrons. The van der Waals surface area contributed by atoms with E-state index >= 15 is 0 Å². The van der Waals surface area contributed by atoms with E-state index in [1.54, 1.807) is 0 Å². The molecule has 0 spiro atoms. The second kappa shape index (κ2) is 6.24. The zero-order valence-corrected chi connectivity index (χ0v) is 13.6. The van der Waals surface area contributed by atoms with Crippen molar-refractivity contribution in [3.63, 3.8) is 0 Å². The fraction of sp³-hybridized carbons (Fsp3) is 0.941. The number of rotatable bonds is 5. The van der Waals surface area contributed by atoms with E-state index in [0.29, 0.717) is 12.1 Å². The van der Waals surface area contributed by atoms with Crippen LogP contribution in [0.5, 0.6) is 0 Å². The van der Waals surface area contributed by atoms with Gasteiger partial charge in [0.25, 0.3) is 0 Å². The van der Waals surface area contributed by atoms with Crippen molar-refractivity contribution in [2.24, 2.45) is 0 Å². The summed E-state index contributed by atoms with van der Waals surface area (Å²) >= 11 is 0. The van der Waals surface area contributed by atoms with E-state index < -0.39 is 0 Å². The van der Waals surface area contributed by atoms with Crippen LogP contribution in [-0.4, -0.2) is 59.6 Å². The Hall–Kier alpha value is -0.630. The minimum absolute atomic E-state index is 0.359. The van der Waals surface area contributed by atoms with Gasteiger partial charge in [-0.05, 0) is 72.0 Å². The van der Waals surface area contributed by atoms with Crippen molar-refractivity contribution in [2.75, 3.05) is 26.2 Å². The molecule has 2 heterocycles. The van der Waals surface area contributed by atoms with E-state index in [1.165, 1.54) is 58.3 Å². The predicted octanol–water partition coefficient (Wildman–Crippen LogP) is 1.97. The molecular formula is C17H30N4. The third-order valence-electron chi connectivity index (χ3n) is 5.51. The van der Waals surface area contributed by atoms with E-state index in [9.17, 15) is 5.26 Å². The lowest BCUT2D eigenvalue weighted by atomic mass is 9.94. The predicted molar refractivity (Wildman–Crippen MR) is 85.0 cm³/mol. The van der Waals surface area contributed by atoms with Crippen molar-refractivity contribution >= 4 is 0 Å². The summed E-state index contributed by atoms with van der Waals surface area (Å²) in [7, 11) is 0. The van der Waals surface area contributed by atoms with E-state index in [0.717, 1.165) is 12.5 Å². The van der Waals surface area contributed by atoms with Gasteiger partial charge in [-0.25, -0.2) is 0 Å². The smallest absolute Gasteiger partial charge is 0.105 e. The minimum Gasteiger partial charge on any atom is -0.299 e. The minimum atomic E-state index is -0.359. The number of nitriles is 1. The highest BCUT2D eigenvalue weighted by molar-refractivity contribution is 5.08. The van der Waals surface area contributed by atoms with Crippen LogP contribution < -0.4 is 5.32 Å². The molecule has 2 aliphatic heterocycles. The molecule has 4 nitrogen and oxygen atoms in total. The highest BCUT2D eigenvalue weighted by atomic mass is 15.3. The molecule has 0 bridgehead atoms. The van der Waals surface area contributed by atoms with E-state index in [4.69, 9.17) is 0 Å². The Morgan fingerprint density at radius 1 is 1.24 bits per heavy atom. The van der Waals surface area contributed by atoms with Gasteiger partial charge < -0.3 is 0 Å². The van der Waals surface area contributed by atoms with Crippen molar-refractivity contribution in [3.05, 3.63) is 0 Å². The largest absolute Gasteiger partial charge is 0.299 e. The van der Waals surface area contributed by atoms with Gasteiger partial charge in [-0.2, -0.15) is 5.26 Å². The average molecular weight is 290 g/mol. The van der Waals surface area contributed by atoms with Crippen LogP contribution in [-0.2, 0) is 0 Å². The molecule has 0 aromatic carbocycles. The molecule has 3 atom stereocenters. The highest BCUT2D eigenvalue weighted by Crippen LogP contribution is 2.27. The highest BCUT2D eigenvalue weighted by Gasteiger charge is 2.36. The zero-order chi connectivity index (χ0) is 14.9. The fourth-order valence-corrected chi connectivity index (χ4v) is 4.17. The Bertz CT molecular complexity index is 400. The van der Waals surface area contributed by atoms with Crippen molar-refractivity contribution < 1.29 is 0 Å². The van der Waals surface area contributed by atoms with Crippen molar-refractivity contribution in [1.29, 1.82) is 5.26 Å². The maximum atomic E-state index is 9.58. The second-order valence-electron chi connectivity index (χ2n) is 7.60. The molecule has 1 aliphatic carbocycles. The van der Waals surface area contributed by atoms with Gasteiger partial charge >= 0.3 is 0 Å². The van der Waals surface area contributed by atoms with Crippen LogP contribution >= 0.6 is 0 Å². The number of nitrogens with one attached hydrogen (secondary N) is 1. The standard InChI is InChI=1S/C17H30N4/c1-14(11-17(2,13-18)19-15-6-7-15)21-10-4-9-20-8-3-5-16(20)12-21/h14-16,19H,3-12H2,1-2H3. The van der Waals surface area contributed by atoms with Crippen molar-refractivity contribution in [3.8, 4) is 6.07 Å². The molecule has 1 N–H and O–H groups in total. The van der Waals surface area contributed by atoms with Crippen molar-refractivity contribution in [1.82, 2.24) is 15.1 Å². The molecule has 0 radical (unpaired) electrons. The maximum absolute atomic E-state index is 9.58. The van der Waals surface area contributed by atoms with E-state index in [-0.39, 0.29) is 5.54 Å². The molecule has 4 heteroatoms. The molecule has 0 amide bonds. The number of nitrogens with zero attached hydrogens (tertiary/aromatic N) is 3. The van der Waals surface area contributed by atoms with Gasteiger partial charge in [-0.15, -0.1) is 0 Å². The van der Waals surface area contributed by atoms with Crippen LogP contribution in [0.3, 0.4) is 0 Å².